The van der Waals surface area contributed by atoms with E-state index in [0.717, 1.165) is 44.9 Å². The largest absolute Gasteiger partial charge is 0.328 e. The number of Topliss-reactive ketones (excluding diaryl/α,β-unsaturated/α-hetero) is 1. The predicted molar refractivity (Wildman–Crippen MR) is 63.6 cm³/mol. The van der Waals surface area contributed by atoms with Gasteiger partial charge in [-0.3, -0.25) is 4.79 Å². The molecule has 0 heterocycles. The molecule has 0 aromatic heterocycles. The van der Waals surface area contributed by atoms with Gasteiger partial charge in [0, 0.05) is 18.4 Å². The summed E-state index contributed by atoms with van der Waals surface area (Å²) in [4.78, 5) is 12.0. The zero-order chi connectivity index (χ0) is 11.3. The van der Waals surface area contributed by atoms with Crippen molar-refractivity contribution in [3.63, 3.8) is 0 Å². The summed E-state index contributed by atoms with van der Waals surface area (Å²) in [7, 11) is 0. The van der Waals surface area contributed by atoms with Gasteiger partial charge < -0.3 is 5.73 Å². The van der Waals surface area contributed by atoms with Crippen LogP contribution in [0.3, 0.4) is 0 Å². The third kappa shape index (κ3) is 3.94. The van der Waals surface area contributed by atoms with Gasteiger partial charge in [0.05, 0.1) is 0 Å². The van der Waals surface area contributed by atoms with E-state index in [-0.39, 0.29) is 12.0 Å². The smallest absolute Gasteiger partial charge is 0.136 e. The van der Waals surface area contributed by atoms with Crippen molar-refractivity contribution in [2.75, 3.05) is 0 Å². The van der Waals surface area contributed by atoms with E-state index in [1.807, 2.05) is 0 Å². The van der Waals surface area contributed by atoms with Crippen LogP contribution in [-0.2, 0) is 4.79 Å². The molecule has 0 radical (unpaired) electrons. The molecule has 2 nitrogen and oxygen atoms in total. The molecule has 1 rings (SSSR count). The molecular weight excluding hydrogens is 186 g/mol. The Bertz CT molecular complexity index is 199. The Balaban J connectivity index is 2.38. The quantitative estimate of drug-likeness (QED) is 0.760. The first-order valence-electron chi connectivity index (χ1n) is 6.45. The first-order chi connectivity index (χ1) is 7.17. The molecule has 0 aromatic carbocycles. The Morgan fingerprint density at radius 1 is 1.33 bits per heavy atom. The fourth-order valence-electron chi connectivity index (χ4n) is 2.55. The molecule has 2 unspecified atom stereocenters. The molecule has 0 bridgehead atoms. The van der Waals surface area contributed by atoms with Crippen LogP contribution < -0.4 is 5.73 Å². The molecule has 1 saturated carbocycles. The number of carbonyl (C=O) groups excluding carboxylic acids is 1. The van der Waals surface area contributed by atoms with Crippen LogP contribution in [0.4, 0.5) is 0 Å². The van der Waals surface area contributed by atoms with E-state index < -0.39 is 0 Å². The average molecular weight is 211 g/mol. The number of hydrogen-bond donors (Lipinski definition) is 1. The molecule has 2 heteroatoms. The van der Waals surface area contributed by atoms with Gasteiger partial charge in [0.25, 0.3) is 0 Å². The van der Waals surface area contributed by atoms with Gasteiger partial charge in [-0.25, -0.2) is 0 Å². The van der Waals surface area contributed by atoms with Crippen LogP contribution in [0.1, 0.15) is 58.8 Å². The summed E-state index contributed by atoms with van der Waals surface area (Å²) in [5.41, 5.74) is 5.91. The topological polar surface area (TPSA) is 43.1 Å². The Labute approximate surface area is 93.6 Å². The molecule has 15 heavy (non-hydrogen) atoms. The Morgan fingerprint density at radius 2 is 2.00 bits per heavy atom. The van der Waals surface area contributed by atoms with Crippen LogP contribution in [0.15, 0.2) is 0 Å². The summed E-state index contributed by atoms with van der Waals surface area (Å²) in [6, 6.07) is 0.273. The summed E-state index contributed by atoms with van der Waals surface area (Å²) in [5.74, 6) is 1.34. The second-order valence-electron chi connectivity index (χ2n) is 4.98. The highest BCUT2D eigenvalue weighted by atomic mass is 16.1. The second kappa shape index (κ2) is 6.26. The lowest BCUT2D eigenvalue weighted by atomic mass is 9.80. The van der Waals surface area contributed by atoms with Crippen molar-refractivity contribution in [3.8, 4) is 0 Å². The van der Waals surface area contributed by atoms with Crippen molar-refractivity contribution in [3.05, 3.63) is 0 Å². The summed E-state index contributed by atoms with van der Waals surface area (Å²) < 4.78 is 0. The highest BCUT2D eigenvalue weighted by Crippen LogP contribution is 2.27. The number of hydrogen-bond acceptors (Lipinski definition) is 2. The van der Waals surface area contributed by atoms with Crippen LogP contribution in [0.25, 0.3) is 0 Å². The Hall–Kier alpha value is -0.370. The molecule has 2 atom stereocenters. The monoisotopic (exact) mass is 211 g/mol. The van der Waals surface area contributed by atoms with Crippen LogP contribution >= 0.6 is 0 Å². The third-order valence-electron chi connectivity index (χ3n) is 3.81. The highest BCUT2D eigenvalue weighted by Gasteiger charge is 2.26. The minimum absolute atomic E-state index is 0.273. The molecular formula is C13H25NO. The van der Waals surface area contributed by atoms with Gasteiger partial charge in [-0.05, 0) is 25.2 Å². The molecule has 0 saturated heterocycles. The van der Waals surface area contributed by atoms with Crippen molar-refractivity contribution in [2.24, 2.45) is 17.6 Å². The number of carbonyl (C=O) groups is 1. The molecule has 1 aliphatic carbocycles. The molecule has 1 aliphatic rings. The summed E-state index contributed by atoms with van der Waals surface area (Å²) >= 11 is 0. The second-order valence-corrected chi connectivity index (χ2v) is 4.98. The summed E-state index contributed by atoms with van der Waals surface area (Å²) in [6.07, 6.45) is 7.29. The zero-order valence-electron chi connectivity index (χ0n) is 10.2. The lowest BCUT2D eigenvalue weighted by Gasteiger charge is -2.26. The summed E-state index contributed by atoms with van der Waals surface area (Å²) in [5, 5.41) is 0. The Kier molecular flexibility index (Phi) is 5.30. The van der Waals surface area contributed by atoms with Gasteiger partial charge in [0.2, 0.25) is 0 Å². The maximum atomic E-state index is 12.0. The van der Waals surface area contributed by atoms with Crippen LogP contribution in [0, 0.1) is 11.8 Å². The van der Waals surface area contributed by atoms with Crippen molar-refractivity contribution in [1.29, 1.82) is 0 Å². The van der Waals surface area contributed by atoms with Gasteiger partial charge in [0.1, 0.15) is 5.78 Å². The minimum Gasteiger partial charge on any atom is -0.328 e. The number of ketones is 1. The van der Waals surface area contributed by atoms with Crippen molar-refractivity contribution < 1.29 is 4.79 Å². The zero-order valence-corrected chi connectivity index (χ0v) is 10.2. The maximum Gasteiger partial charge on any atom is 0.136 e. The predicted octanol–water partition coefficient (Wildman–Crippen LogP) is 2.90. The van der Waals surface area contributed by atoms with E-state index in [4.69, 9.17) is 5.73 Å². The van der Waals surface area contributed by atoms with Gasteiger partial charge in [0.15, 0.2) is 0 Å². The van der Waals surface area contributed by atoms with E-state index >= 15 is 0 Å². The Morgan fingerprint density at radius 3 is 2.53 bits per heavy atom. The van der Waals surface area contributed by atoms with Gasteiger partial charge in [-0.2, -0.15) is 0 Å². The van der Waals surface area contributed by atoms with Gasteiger partial charge in [-0.1, -0.05) is 33.1 Å². The standard InChI is InChI=1S/C13H25NO/c1-3-10(4-2)8-13(15)11-6-5-7-12(14)9-11/h10-12H,3-9,14H2,1-2H3. The molecule has 0 aliphatic heterocycles. The van der Waals surface area contributed by atoms with E-state index in [1.54, 1.807) is 0 Å². The maximum absolute atomic E-state index is 12.0. The van der Waals surface area contributed by atoms with E-state index in [1.165, 1.54) is 0 Å². The number of rotatable bonds is 5. The van der Waals surface area contributed by atoms with Gasteiger partial charge >= 0.3 is 0 Å². The molecule has 88 valence electrons. The minimum atomic E-state index is 0.273. The van der Waals surface area contributed by atoms with Crippen LogP contribution in [0.5, 0.6) is 0 Å². The van der Waals surface area contributed by atoms with Crippen molar-refractivity contribution in [2.45, 2.75) is 64.8 Å². The van der Waals surface area contributed by atoms with Crippen LogP contribution in [0.2, 0.25) is 0 Å². The summed E-state index contributed by atoms with van der Waals surface area (Å²) in [6.45, 7) is 4.35. The number of nitrogens with two attached hydrogens (primary N) is 1. The first kappa shape index (κ1) is 12.7. The van der Waals surface area contributed by atoms with Gasteiger partial charge in [-0.15, -0.1) is 0 Å². The molecule has 2 N–H and O–H groups in total. The lowest BCUT2D eigenvalue weighted by molar-refractivity contribution is -0.124. The highest BCUT2D eigenvalue weighted by molar-refractivity contribution is 5.81. The SMILES string of the molecule is CCC(CC)CC(=O)C1CCCC(N)C1. The first-order valence-corrected chi connectivity index (χ1v) is 6.45. The normalized spacial score (nSPS) is 26.9. The molecule has 0 spiro atoms. The fraction of sp³-hybridized carbons (Fsp3) is 0.923. The average Bonchev–Trinajstić information content (AvgIpc) is 2.25. The lowest BCUT2D eigenvalue weighted by Crippen LogP contribution is -2.32. The molecule has 0 amide bonds. The fourth-order valence-corrected chi connectivity index (χ4v) is 2.55. The van der Waals surface area contributed by atoms with Crippen LogP contribution in [-0.4, -0.2) is 11.8 Å². The molecule has 0 aromatic rings. The van der Waals surface area contributed by atoms with E-state index in [9.17, 15) is 4.79 Å². The van der Waals surface area contributed by atoms with Crippen molar-refractivity contribution >= 4 is 5.78 Å². The third-order valence-corrected chi connectivity index (χ3v) is 3.81. The molecule has 1 fully saturated rings. The van der Waals surface area contributed by atoms with E-state index in [0.29, 0.717) is 11.7 Å². The van der Waals surface area contributed by atoms with Crippen molar-refractivity contribution in [1.82, 2.24) is 0 Å². The van der Waals surface area contributed by atoms with E-state index in [2.05, 4.69) is 13.8 Å².